The monoisotopic (exact) mass is 428 g/mol. The van der Waals surface area contributed by atoms with E-state index in [0.717, 1.165) is 19.3 Å². The molecule has 31 heavy (non-hydrogen) atoms. The van der Waals surface area contributed by atoms with Crippen LogP contribution >= 0.6 is 0 Å². The SMILES string of the molecule is CN[C@@H](C)C(=O)N[C@H]1CCO[C@H]2CCC(C(=O)N[C@@H]3CCCc4ccccc43)N2C1=O. The summed E-state index contributed by atoms with van der Waals surface area (Å²) in [5.74, 6) is -0.615. The second-order valence-corrected chi connectivity index (χ2v) is 8.68. The summed E-state index contributed by atoms with van der Waals surface area (Å²) in [6.45, 7) is 2.11. The van der Waals surface area contributed by atoms with E-state index in [2.05, 4.69) is 28.1 Å². The molecule has 3 N–H and O–H groups in total. The number of rotatable bonds is 5. The lowest BCUT2D eigenvalue weighted by Gasteiger charge is -2.32. The van der Waals surface area contributed by atoms with Crippen molar-refractivity contribution < 1.29 is 19.1 Å². The van der Waals surface area contributed by atoms with Crippen LogP contribution in [0.1, 0.15) is 56.2 Å². The highest BCUT2D eigenvalue weighted by Gasteiger charge is 2.46. The summed E-state index contributed by atoms with van der Waals surface area (Å²) in [6, 6.07) is 6.52. The molecule has 3 aliphatic rings. The van der Waals surface area contributed by atoms with Crippen molar-refractivity contribution in [2.45, 2.75) is 75.8 Å². The number of carbonyl (C=O) groups excluding carboxylic acids is 3. The Labute approximate surface area is 183 Å². The van der Waals surface area contributed by atoms with Gasteiger partial charge in [-0.05, 0) is 57.2 Å². The molecule has 5 atom stereocenters. The van der Waals surface area contributed by atoms with Crippen LogP contribution in [0.15, 0.2) is 24.3 Å². The first-order chi connectivity index (χ1) is 15.0. The molecule has 0 spiro atoms. The average molecular weight is 429 g/mol. The van der Waals surface area contributed by atoms with Gasteiger partial charge in [-0.25, -0.2) is 0 Å². The van der Waals surface area contributed by atoms with E-state index in [4.69, 9.17) is 4.74 Å². The van der Waals surface area contributed by atoms with Gasteiger partial charge in [-0.1, -0.05) is 24.3 Å². The fraction of sp³-hybridized carbons (Fsp3) is 0.609. The molecule has 0 saturated carbocycles. The smallest absolute Gasteiger partial charge is 0.247 e. The van der Waals surface area contributed by atoms with Crippen molar-refractivity contribution in [2.24, 2.45) is 0 Å². The van der Waals surface area contributed by atoms with E-state index >= 15 is 0 Å². The highest BCUT2D eigenvalue weighted by Crippen LogP contribution is 2.32. The molecule has 168 valence electrons. The summed E-state index contributed by atoms with van der Waals surface area (Å²) in [7, 11) is 1.70. The van der Waals surface area contributed by atoms with Crippen molar-refractivity contribution in [1.29, 1.82) is 0 Å². The summed E-state index contributed by atoms with van der Waals surface area (Å²) in [5, 5.41) is 8.89. The van der Waals surface area contributed by atoms with Crippen molar-refractivity contribution in [3.05, 3.63) is 35.4 Å². The fourth-order valence-corrected chi connectivity index (χ4v) is 4.85. The maximum Gasteiger partial charge on any atom is 0.247 e. The highest BCUT2D eigenvalue weighted by atomic mass is 16.5. The van der Waals surface area contributed by atoms with Gasteiger partial charge in [0.2, 0.25) is 17.7 Å². The molecule has 1 aromatic rings. The zero-order chi connectivity index (χ0) is 22.0. The molecular weight excluding hydrogens is 396 g/mol. The predicted molar refractivity (Wildman–Crippen MR) is 115 cm³/mol. The number of likely N-dealkylation sites (N-methyl/N-ethyl adjacent to an activating group) is 1. The molecule has 8 heteroatoms. The van der Waals surface area contributed by atoms with Crippen LogP contribution in [0.2, 0.25) is 0 Å². The molecule has 1 unspecified atom stereocenters. The van der Waals surface area contributed by atoms with Crippen LogP contribution in [0.5, 0.6) is 0 Å². The number of benzene rings is 1. The molecule has 0 radical (unpaired) electrons. The molecule has 2 saturated heterocycles. The van der Waals surface area contributed by atoms with Crippen LogP contribution in [0.3, 0.4) is 0 Å². The molecule has 2 fully saturated rings. The van der Waals surface area contributed by atoms with Gasteiger partial charge >= 0.3 is 0 Å². The van der Waals surface area contributed by atoms with Crippen molar-refractivity contribution in [1.82, 2.24) is 20.9 Å². The van der Waals surface area contributed by atoms with Gasteiger partial charge in [0.25, 0.3) is 0 Å². The zero-order valence-corrected chi connectivity index (χ0v) is 18.2. The number of ether oxygens (including phenoxy) is 1. The first-order valence-electron chi connectivity index (χ1n) is 11.3. The lowest BCUT2D eigenvalue weighted by atomic mass is 9.87. The maximum atomic E-state index is 13.3. The number of hydrogen-bond acceptors (Lipinski definition) is 5. The number of fused-ring (bicyclic) bond motifs is 2. The predicted octanol–water partition coefficient (Wildman–Crippen LogP) is 1.01. The van der Waals surface area contributed by atoms with Crippen LogP contribution in [0, 0.1) is 0 Å². The minimum Gasteiger partial charge on any atom is -0.358 e. The van der Waals surface area contributed by atoms with Gasteiger partial charge in [0.1, 0.15) is 18.3 Å². The maximum absolute atomic E-state index is 13.3. The average Bonchev–Trinajstić information content (AvgIpc) is 3.15. The Kier molecular flexibility index (Phi) is 6.57. The number of hydrogen-bond donors (Lipinski definition) is 3. The Hall–Kier alpha value is -2.45. The largest absolute Gasteiger partial charge is 0.358 e. The van der Waals surface area contributed by atoms with Gasteiger partial charge in [0.15, 0.2) is 0 Å². The van der Waals surface area contributed by atoms with Crippen LogP contribution in [0.4, 0.5) is 0 Å². The van der Waals surface area contributed by atoms with E-state index in [1.54, 1.807) is 18.9 Å². The van der Waals surface area contributed by atoms with Crippen LogP contribution in [-0.2, 0) is 25.5 Å². The molecule has 2 heterocycles. The summed E-state index contributed by atoms with van der Waals surface area (Å²) in [5.41, 5.74) is 2.44. The van der Waals surface area contributed by atoms with E-state index in [0.29, 0.717) is 25.9 Å². The third-order valence-corrected chi connectivity index (χ3v) is 6.73. The van der Waals surface area contributed by atoms with Crippen LogP contribution in [-0.4, -0.2) is 60.6 Å². The number of aryl methyl sites for hydroxylation is 1. The summed E-state index contributed by atoms with van der Waals surface area (Å²) in [6.07, 6.45) is 4.12. The van der Waals surface area contributed by atoms with Crippen molar-refractivity contribution in [3.8, 4) is 0 Å². The zero-order valence-electron chi connectivity index (χ0n) is 18.2. The molecule has 3 amide bonds. The van der Waals surface area contributed by atoms with E-state index in [1.807, 2.05) is 12.1 Å². The first kappa shape index (κ1) is 21.8. The van der Waals surface area contributed by atoms with Gasteiger partial charge in [-0.2, -0.15) is 0 Å². The number of nitrogens with one attached hydrogen (secondary N) is 3. The second kappa shape index (κ2) is 9.36. The fourth-order valence-electron chi connectivity index (χ4n) is 4.85. The Morgan fingerprint density at radius 2 is 1.90 bits per heavy atom. The van der Waals surface area contributed by atoms with Crippen LogP contribution < -0.4 is 16.0 Å². The Morgan fingerprint density at radius 3 is 2.71 bits per heavy atom. The highest BCUT2D eigenvalue weighted by molar-refractivity contribution is 5.93. The van der Waals surface area contributed by atoms with E-state index in [-0.39, 0.29) is 23.8 Å². The first-order valence-corrected chi connectivity index (χ1v) is 11.3. The molecule has 1 aromatic carbocycles. The molecule has 1 aliphatic carbocycles. The van der Waals surface area contributed by atoms with E-state index < -0.39 is 24.4 Å². The third-order valence-electron chi connectivity index (χ3n) is 6.73. The summed E-state index contributed by atoms with van der Waals surface area (Å²) in [4.78, 5) is 40.5. The standard InChI is InChI=1S/C23H32N4O4/c1-14(24-2)21(28)26-18-12-13-31-20-11-10-19(27(20)23(18)30)22(29)25-17-9-5-7-15-6-3-4-8-16(15)17/h3-4,6,8,14,17-20,24H,5,7,9-13H2,1-2H3,(H,25,29)(H,26,28)/t14-,17+,18-,19?,20-/m0/s1. The van der Waals surface area contributed by atoms with Gasteiger partial charge in [-0.3, -0.25) is 14.4 Å². The Bertz CT molecular complexity index is 845. The second-order valence-electron chi connectivity index (χ2n) is 8.68. The molecule has 8 nitrogen and oxygen atoms in total. The Balaban J connectivity index is 1.47. The summed E-state index contributed by atoms with van der Waals surface area (Å²) < 4.78 is 5.88. The minimum absolute atomic E-state index is 0.0357. The minimum atomic E-state index is -0.683. The summed E-state index contributed by atoms with van der Waals surface area (Å²) >= 11 is 0. The van der Waals surface area contributed by atoms with Crippen molar-refractivity contribution in [3.63, 3.8) is 0 Å². The van der Waals surface area contributed by atoms with Crippen LogP contribution in [0.25, 0.3) is 0 Å². The van der Waals surface area contributed by atoms with E-state index in [9.17, 15) is 14.4 Å². The third kappa shape index (κ3) is 4.45. The number of carbonyl (C=O) groups is 3. The lowest BCUT2D eigenvalue weighted by Crippen LogP contribution is -2.56. The van der Waals surface area contributed by atoms with Crippen molar-refractivity contribution >= 4 is 17.7 Å². The molecule has 2 aliphatic heterocycles. The molecule has 0 aromatic heterocycles. The topological polar surface area (TPSA) is 99.8 Å². The number of nitrogens with zero attached hydrogens (tertiary/aromatic N) is 1. The van der Waals surface area contributed by atoms with E-state index in [1.165, 1.54) is 11.1 Å². The van der Waals surface area contributed by atoms with Gasteiger partial charge in [0, 0.05) is 6.42 Å². The van der Waals surface area contributed by atoms with Crippen molar-refractivity contribution in [2.75, 3.05) is 13.7 Å². The molecular formula is C23H32N4O4. The quantitative estimate of drug-likeness (QED) is 0.650. The van der Waals surface area contributed by atoms with Gasteiger partial charge in [-0.15, -0.1) is 0 Å². The molecule has 0 bridgehead atoms. The normalized spacial score (nSPS) is 28.8. The lowest BCUT2D eigenvalue weighted by molar-refractivity contribution is -0.149. The van der Waals surface area contributed by atoms with Gasteiger partial charge in [0.05, 0.1) is 18.7 Å². The Morgan fingerprint density at radius 1 is 1.10 bits per heavy atom. The molecule has 4 rings (SSSR count). The number of amides is 3. The van der Waals surface area contributed by atoms with Gasteiger partial charge < -0.3 is 25.6 Å².